The summed E-state index contributed by atoms with van der Waals surface area (Å²) in [6.07, 6.45) is -6.17. The fraction of sp³-hybridized carbons (Fsp3) is 0.355. The zero-order valence-electron chi connectivity index (χ0n) is 22.7. The van der Waals surface area contributed by atoms with Gasteiger partial charge < -0.3 is 33.5 Å². The number of methoxy groups -OCH3 is 2. The normalized spacial score (nSPS) is 22.5. The molecule has 212 valence electrons. The number of aliphatic hydroxyl groups is 1. The summed E-state index contributed by atoms with van der Waals surface area (Å²) in [7, 11) is 3.16. The van der Waals surface area contributed by atoms with Gasteiger partial charge in [0.2, 0.25) is 5.78 Å². The van der Waals surface area contributed by atoms with E-state index in [2.05, 4.69) is 0 Å². The van der Waals surface area contributed by atoms with Gasteiger partial charge in [0.25, 0.3) is 0 Å². The smallest absolute Gasteiger partial charge is 0.303 e. The molecule has 0 bridgehead atoms. The minimum atomic E-state index is -1.47. The molecule has 0 aliphatic heterocycles. The number of rotatable bonds is 12. The molecule has 1 aliphatic carbocycles. The second kappa shape index (κ2) is 14.0. The molecule has 3 aromatic rings. The van der Waals surface area contributed by atoms with Gasteiger partial charge in [-0.25, -0.2) is 0 Å². The molecule has 9 nitrogen and oxygen atoms in total. The van der Waals surface area contributed by atoms with E-state index in [9.17, 15) is 14.7 Å². The molecule has 0 heterocycles. The summed E-state index contributed by atoms with van der Waals surface area (Å²) in [4.78, 5) is 25.4. The Kier molecular flexibility index (Phi) is 10.3. The Labute approximate surface area is 233 Å². The molecule has 9 heteroatoms. The Morgan fingerprint density at radius 2 is 1.15 bits per heavy atom. The van der Waals surface area contributed by atoms with Crippen LogP contribution in [-0.4, -0.2) is 61.6 Å². The van der Waals surface area contributed by atoms with Crippen molar-refractivity contribution < 1.29 is 43.1 Å². The first kappa shape index (κ1) is 29.2. The number of aliphatic hydroxyl groups excluding tert-OH is 1. The lowest BCUT2D eigenvalue weighted by atomic mass is 9.85. The van der Waals surface area contributed by atoms with E-state index in [1.54, 1.807) is 38.5 Å². The van der Waals surface area contributed by atoms with Crippen molar-refractivity contribution in [1.82, 2.24) is 0 Å². The van der Waals surface area contributed by atoms with Crippen LogP contribution in [0.3, 0.4) is 0 Å². The summed E-state index contributed by atoms with van der Waals surface area (Å²) >= 11 is 0. The van der Waals surface area contributed by atoms with Gasteiger partial charge in [-0.3, -0.25) is 9.59 Å². The molecule has 3 aromatic carbocycles. The van der Waals surface area contributed by atoms with E-state index < -0.39 is 42.3 Å². The van der Waals surface area contributed by atoms with Gasteiger partial charge in [0.05, 0.1) is 34.0 Å². The number of benzene rings is 3. The van der Waals surface area contributed by atoms with Crippen LogP contribution in [0.2, 0.25) is 0 Å². The van der Waals surface area contributed by atoms with Crippen LogP contribution in [0.15, 0.2) is 78.9 Å². The van der Waals surface area contributed by atoms with E-state index in [1.165, 1.54) is 6.92 Å². The van der Waals surface area contributed by atoms with Crippen LogP contribution in [0.25, 0.3) is 0 Å². The van der Waals surface area contributed by atoms with Gasteiger partial charge >= 0.3 is 5.97 Å². The Balaban J connectivity index is 1.61. The van der Waals surface area contributed by atoms with Crippen molar-refractivity contribution in [3.05, 3.63) is 95.6 Å². The second-order valence-electron chi connectivity index (χ2n) is 9.39. The van der Waals surface area contributed by atoms with E-state index in [0.29, 0.717) is 11.5 Å². The average Bonchev–Trinajstić information content (AvgIpc) is 2.98. The second-order valence-corrected chi connectivity index (χ2v) is 9.39. The number of hydrogen-bond acceptors (Lipinski definition) is 9. The highest BCUT2D eigenvalue weighted by atomic mass is 16.6. The van der Waals surface area contributed by atoms with E-state index >= 15 is 0 Å². The Bertz CT molecular complexity index is 1230. The van der Waals surface area contributed by atoms with Crippen molar-refractivity contribution in [1.29, 1.82) is 0 Å². The fourth-order valence-corrected chi connectivity index (χ4v) is 4.48. The third kappa shape index (κ3) is 7.45. The molecular weight excluding hydrogens is 516 g/mol. The van der Waals surface area contributed by atoms with Crippen molar-refractivity contribution >= 4 is 11.8 Å². The predicted molar refractivity (Wildman–Crippen MR) is 145 cm³/mol. The molecule has 0 saturated heterocycles. The molecule has 0 radical (unpaired) electrons. The maximum absolute atomic E-state index is 13.6. The van der Waals surface area contributed by atoms with E-state index in [-0.39, 0.29) is 19.8 Å². The summed E-state index contributed by atoms with van der Waals surface area (Å²) in [5.41, 5.74) is 2.47. The van der Waals surface area contributed by atoms with Gasteiger partial charge in [0, 0.05) is 6.92 Å². The minimum Gasteiger partial charge on any atom is -0.497 e. The number of Topliss-reactive ketones (excluding diaryl/α,β-unsaturated/α-hetero) is 1. The lowest BCUT2D eigenvalue weighted by molar-refractivity contribution is -0.225. The van der Waals surface area contributed by atoms with Crippen LogP contribution in [0.5, 0.6) is 11.5 Å². The first-order chi connectivity index (χ1) is 19.4. The van der Waals surface area contributed by atoms with Gasteiger partial charge in [-0.2, -0.15) is 0 Å². The van der Waals surface area contributed by atoms with E-state index in [4.69, 9.17) is 28.4 Å². The maximum atomic E-state index is 13.6. The molecule has 0 spiro atoms. The highest BCUT2D eigenvalue weighted by molar-refractivity contribution is 5.91. The molecule has 1 fully saturated rings. The summed E-state index contributed by atoms with van der Waals surface area (Å²) in [5, 5.41) is 11.2. The van der Waals surface area contributed by atoms with Crippen molar-refractivity contribution in [2.24, 2.45) is 0 Å². The van der Waals surface area contributed by atoms with Crippen molar-refractivity contribution in [3.63, 3.8) is 0 Å². The molecule has 40 heavy (non-hydrogen) atoms. The zero-order valence-corrected chi connectivity index (χ0v) is 22.7. The number of carbonyl (C=O) groups excluding carboxylic acids is 2. The molecule has 0 amide bonds. The molecule has 5 atom stereocenters. The molecule has 0 unspecified atom stereocenters. The van der Waals surface area contributed by atoms with Crippen molar-refractivity contribution in [3.8, 4) is 11.5 Å². The Morgan fingerprint density at radius 1 is 0.675 bits per heavy atom. The van der Waals surface area contributed by atoms with Crippen LogP contribution in [0.4, 0.5) is 0 Å². The lowest BCUT2D eigenvalue weighted by Gasteiger charge is -2.42. The number of esters is 1. The largest absolute Gasteiger partial charge is 0.497 e. The minimum absolute atomic E-state index is 0.0666. The van der Waals surface area contributed by atoms with Crippen molar-refractivity contribution in [2.45, 2.75) is 57.3 Å². The number of ether oxygens (including phenoxy) is 6. The molecule has 1 N–H and O–H groups in total. The standard InChI is InChI=1S/C31H34O9/c1-20(32)40-28-26(33)29(37-17-21-7-5-4-6-8-21)31(39-19-23-11-15-25(36-3)16-12-23)30(27(28)34)38-18-22-9-13-24(35-2)14-10-22/h4-16,26,28-31,33H,17-19H2,1-3H3/t26-,28+,29-,30+,31+/m0/s1. The van der Waals surface area contributed by atoms with Crippen LogP contribution < -0.4 is 9.47 Å². The summed E-state index contributed by atoms with van der Waals surface area (Å²) in [6, 6.07) is 23.9. The highest BCUT2D eigenvalue weighted by Crippen LogP contribution is 2.30. The molecule has 4 rings (SSSR count). The fourth-order valence-electron chi connectivity index (χ4n) is 4.48. The summed E-state index contributed by atoms with van der Waals surface area (Å²) in [6.45, 7) is 1.49. The quantitative estimate of drug-likeness (QED) is 0.338. The maximum Gasteiger partial charge on any atom is 0.303 e. The average molecular weight is 551 g/mol. The SMILES string of the molecule is COc1ccc(CO[C@@H]2[C@@H](OCc3ccccc3)[C@@H](O)[C@@H](OC(C)=O)C(=O)[C@H]2OCc2ccc(OC)cc2)cc1. The van der Waals surface area contributed by atoms with E-state index in [0.717, 1.165) is 16.7 Å². The predicted octanol–water partition coefficient (Wildman–Crippen LogP) is 3.64. The third-order valence-corrected chi connectivity index (χ3v) is 6.60. The first-order valence-electron chi connectivity index (χ1n) is 12.9. The third-order valence-electron chi connectivity index (χ3n) is 6.60. The Morgan fingerprint density at radius 3 is 1.65 bits per heavy atom. The van der Waals surface area contributed by atoms with E-state index in [1.807, 2.05) is 54.6 Å². The number of carbonyl (C=O) groups is 2. The van der Waals surface area contributed by atoms with Crippen LogP contribution in [0.1, 0.15) is 23.6 Å². The Hall–Kier alpha value is -3.76. The topological polar surface area (TPSA) is 110 Å². The van der Waals surface area contributed by atoms with Crippen molar-refractivity contribution in [2.75, 3.05) is 14.2 Å². The molecular formula is C31H34O9. The molecule has 1 saturated carbocycles. The van der Waals surface area contributed by atoms with Gasteiger partial charge in [0.15, 0.2) is 6.10 Å². The van der Waals surface area contributed by atoms with Gasteiger partial charge in [0.1, 0.15) is 35.9 Å². The highest BCUT2D eigenvalue weighted by Gasteiger charge is 2.53. The summed E-state index contributed by atoms with van der Waals surface area (Å²) < 4.78 is 34.2. The first-order valence-corrected chi connectivity index (χ1v) is 12.9. The molecule has 0 aromatic heterocycles. The van der Waals surface area contributed by atoms with Gasteiger partial charge in [-0.1, -0.05) is 54.6 Å². The van der Waals surface area contributed by atoms with Gasteiger partial charge in [-0.15, -0.1) is 0 Å². The summed E-state index contributed by atoms with van der Waals surface area (Å²) in [5.74, 6) is 0.0767. The monoisotopic (exact) mass is 550 g/mol. The van der Waals surface area contributed by atoms with Crippen LogP contribution in [0, 0.1) is 0 Å². The zero-order chi connectivity index (χ0) is 28.5. The molecule has 1 aliphatic rings. The van der Waals surface area contributed by atoms with Crippen LogP contribution in [-0.2, 0) is 48.4 Å². The van der Waals surface area contributed by atoms with Crippen LogP contribution >= 0.6 is 0 Å². The number of hydrogen-bond donors (Lipinski definition) is 1. The van der Waals surface area contributed by atoms with Gasteiger partial charge in [-0.05, 0) is 41.0 Å². The lowest BCUT2D eigenvalue weighted by Crippen LogP contribution is -2.64. The number of ketones is 1.